The molecule has 0 radical (unpaired) electrons. The van der Waals surface area contributed by atoms with Gasteiger partial charge in [0.05, 0.1) is 0 Å². The smallest absolute Gasteiger partial charge is 0.231 e. The first-order valence-electron chi connectivity index (χ1n) is 5.07. The first-order chi connectivity index (χ1) is 7.25. The van der Waals surface area contributed by atoms with E-state index >= 15 is 0 Å². The zero-order valence-electron chi connectivity index (χ0n) is 9.02. The monoisotopic (exact) mass is 243 g/mol. The Kier molecular flexibility index (Phi) is 2.86. The number of aromatic hydroxyl groups is 1. The predicted molar refractivity (Wildman–Crippen MR) is 61.5 cm³/mol. The standard InChI is InChI=1S/C11H13NO3.ClH/c1-12-3-2-7-4-9-11(15-6-14-9)10(13)8(7)5-12;/h4,13H,2-3,5-6H2,1H3;1H. The number of phenols is 1. The van der Waals surface area contributed by atoms with Crippen molar-refractivity contribution in [3.63, 3.8) is 0 Å². The van der Waals surface area contributed by atoms with E-state index in [-0.39, 0.29) is 24.9 Å². The Bertz CT molecular complexity index is 422. The maximum absolute atomic E-state index is 10.0. The van der Waals surface area contributed by atoms with Crippen molar-refractivity contribution in [1.29, 1.82) is 0 Å². The average Bonchev–Trinajstić information content (AvgIpc) is 2.68. The SMILES string of the molecule is CN1CCc2cc3c(c(O)c2C1)OCO3.Cl. The van der Waals surface area contributed by atoms with Gasteiger partial charge < -0.3 is 19.5 Å². The molecule has 2 aliphatic rings. The molecule has 4 nitrogen and oxygen atoms in total. The van der Waals surface area contributed by atoms with Crippen LogP contribution in [0.4, 0.5) is 0 Å². The fourth-order valence-corrected chi connectivity index (χ4v) is 2.18. The van der Waals surface area contributed by atoms with E-state index in [4.69, 9.17) is 9.47 Å². The first-order valence-corrected chi connectivity index (χ1v) is 5.07. The molecule has 3 rings (SSSR count). The molecule has 0 saturated heterocycles. The van der Waals surface area contributed by atoms with E-state index in [0.717, 1.165) is 25.1 Å². The molecule has 2 heterocycles. The minimum absolute atomic E-state index is 0. The molecule has 0 fully saturated rings. The van der Waals surface area contributed by atoms with E-state index in [2.05, 4.69) is 4.90 Å². The van der Waals surface area contributed by atoms with Crippen molar-refractivity contribution in [1.82, 2.24) is 4.90 Å². The molecule has 16 heavy (non-hydrogen) atoms. The van der Waals surface area contributed by atoms with Crippen molar-refractivity contribution in [2.24, 2.45) is 0 Å². The zero-order chi connectivity index (χ0) is 10.4. The molecule has 0 unspecified atom stereocenters. The summed E-state index contributed by atoms with van der Waals surface area (Å²) in [5.74, 6) is 1.44. The topological polar surface area (TPSA) is 41.9 Å². The van der Waals surface area contributed by atoms with Crippen LogP contribution in [0.2, 0.25) is 0 Å². The number of fused-ring (bicyclic) bond motifs is 2. The van der Waals surface area contributed by atoms with Crippen LogP contribution in [-0.2, 0) is 13.0 Å². The van der Waals surface area contributed by atoms with Crippen molar-refractivity contribution in [2.75, 3.05) is 20.4 Å². The van der Waals surface area contributed by atoms with E-state index < -0.39 is 0 Å². The van der Waals surface area contributed by atoms with E-state index in [0.29, 0.717) is 11.5 Å². The quantitative estimate of drug-likeness (QED) is 0.751. The van der Waals surface area contributed by atoms with Crippen LogP contribution in [0.3, 0.4) is 0 Å². The minimum atomic E-state index is 0. The largest absolute Gasteiger partial charge is 0.504 e. The fourth-order valence-electron chi connectivity index (χ4n) is 2.18. The Hall–Kier alpha value is -1.13. The number of nitrogens with zero attached hydrogens (tertiary/aromatic N) is 1. The van der Waals surface area contributed by atoms with Crippen LogP contribution in [0, 0.1) is 0 Å². The molecule has 1 N–H and O–H groups in total. The summed E-state index contributed by atoms with van der Waals surface area (Å²) >= 11 is 0. The molecule has 0 aromatic heterocycles. The summed E-state index contributed by atoms with van der Waals surface area (Å²) in [5.41, 5.74) is 2.16. The summed E-state index contributed by atoms with van der Waals surface area (Å²) in [5, 5.41) is 10.0. The zero-order valence-corrected chi connectivity index (χ0v) is 9.84. The highest BCUT2D eigenvalue weighted by Gasteiger charge is 2.26. The highest BCUT2D eigenvalue weighted by Crippen LogP contribution is 2.45. The van der Waals surface area contributed by atoms with Gasteiger partial charge in [0.2, 0.25) is 12.5 Å². The number of likely N-dealkylation sites (N-methyl/N-ethyl adjacent to an activating group) is 1. The maximum atomic E-state index is 10.0. The second-order valence-corrected chi connectivity index (χ2v) is 4.08. The lowest BCUT2D eigenvalue weighted by molar-refractivity contribution is 0.171. The van der Waals surface area contributed by atoms with Crippen molar-refractivity contribution >= 4 is 12.4 Å². The average molecular weight is 244 g/mol. The van der Waals surface area contributed by atoms with Gasteiger partial charge in [0.15, 0.2) is 11.5 Å². The number of benzene rings is 1. The van der Waals surface area contributed by atoms with E-state index in [1.807, 2.05) is 13.1 Å². The van der Waals surface area contributed by atoms with Crippen LogP contribution in [0.15, 0.2) is 6.07 Å². The first kappa shape index (κ1) is 11.4. The lowest BCUT2D eigenvalue weighted by atomic mass is 9.98. The molecular weight excluding hydrogens is 230 g/mol. The fraction of sp³-hybridized carbons (Fsp3) is 0.455. The van der Waals surface area contributed by atoms with Crippen LogP contribution in [-0.4, -0.2) is 30.4 Å². The van der Waals surface area contributed by atoms with Crippen LogP contribution in [0.1, 0.15) is 11.1 Å². The number of ether oxygens (including phenoxy) is 2. The van der Waals surface area contributed by atoms with Gasteiger partial charge >= 0.3 is 0 Å². The number of hydrogen-bond acceptors (Lipinski definition) is 4. The third-order valence-electron chi connectivity index (χ3n) is 3.03. The molecule has 88 valence electrons. The van der Waals surface area contributed by atoms with Crippen LogP contribution in [0.25, 0.3) is 0 Å². The Morgan fingerprint density at radius 2 is 2.19 bits per heavy atom. The van der Waals surface area contributed by atoms with E-state index in [9.17, 15) is 5.11 Å². The predicted octanol–water partition coefficient (Wildman–Crippen LogP) is 1.53. The van der Waals surface area contributed by atoms with Gasteiger partial charge in [-0.05, 0) is 25.1 Å². The van der Waals surface area contributed by atoms with Gasteiger partial charge in [-0.15, -0.1) is 12.4 Å². The maximum Gasteiger partial charge on any atom is 0.231 e. The molecule has 0 saturated carbocycles. The molecule has 1 aromatic rings. The molecular formula is C11H14ClNO3. The van der Waals surface area contributed by atoms with Gasteiger partial charge in [-0.3, -0.25) is 0 Å². The molecule has 0 bridgehead atoms. The Morgan fingerprint density at radius 1 is 1.38 bits per heavy atom. The molecule has 0 atom stereocenters. The summed E-state index contributed by atoms with van der Waals surface area (Å²) in [6.07, 6.45) is 0.954. The number of hydrogen-bond donors (Lipinski definition) is 1. The van der Waals surface area contributed by atoms with Gasteiger partial charge in [-0.2, -0.15) is 0 Å². The van der Waals surface area contributed by atoms with Gasteiger partial charge in [0.25, 0.3) is 0 Å². The second kappa shape index (κ2) is 4.03. The Morgan fingerprint density at radius 3 is 3.00 bits per heavy atom. The Balaban J connectivity index is 0.000000963. The number of rotatable bonds is 0. The second-order valence-electron chi connectivity index (χ2n) is 4.08. The van der Waals surface area contributed by atoms with Gasteiger partial charge in [0.1, 0.15) is 0 Å². The number of phenolic OH excluding ortho intramolecular Hbond substituents is 1. The lowest BCUT2D eigenvalue weighted by Gasteiger charge is -2.25. The molecule has 0 spiro atoms. The van der Waals surface area contributed by atoms with Crippen LogP contribution in [0.5, 0.6) is 17.2 Å². The summed E-state index contributed by atoms with van der Waals surface area (Å²) in [7, 11) is 2.05. The molecule has 5 heteroatoms. The number of halogens is 1. The summed E-state index contributed by atoms with van der Waals surface area (Å²) in [6, 6.07) is 1.99. The Labute approximate surface area is 100 Å². The van der Waals surface area contributed by atoms with Gasteiger partial charge in [-0.25, -0.2) is 0 Å². The van der Waals surface area contributed by atoms with Crippen molar-refractivity contribution in [3.05, 3.63) is 17.2 Å². The van der Waals surface area contributed by atoms with Crippen LogP contribution < -0.4 is 9.47 Å². The van der Waals surface area contributed by atoms with Crippen molar-refractivity contribution in [2.45, 2.75) is 13.0 Å². The summed E-state index contributed by atoms with van der Waals surface area (Å²) in [6.45, 7) is 2.01. The van der Waals surface area contributed by atoms with Crippen molar-refractivity contribution in [3.8, 4) is 17.2 Å². The molecule has 0 aliphatic carbocycles. The lowest BCUT2D eigenvalue weighted by Crippen LogP contribution is -2.26. The minimum Gasteiger partial charge on any atom is -0.504 e. The van der Waals surface area contributed by atoms with Crippen LogP contribution >= 0.6 is 12.4 Å². The third kappa shape index (κ3) is 1.58. The highest BCUT2D eigenvalue weighted by molar-refractivity contribution is 5.85. The third-order valence-corrected chi connectivity index (χ3v) is 3.03. The normalized spacial score (nSPS) is 17.8. The molecule has 1 aromatic carbocycles. The van der Waals surface area contributed by atoms with Gasteiger partial charge in [0, 0.05) is 18.7 Å². The van der Waals surface area contributed by atoms with E-state index in [1.165, 1.54) is 5.56 Å². The molecule has 2 aliphatic heterocycles. The molecule has 0 amide bonds. The van der Waals surface area contributed by atoms with E-state index in [1.54, 1.807) is 0 Å². The summed E-state index contributed by atoms with van der Waals surface area (Å²) < 4.78 is 10.5. The summed E-state index contributed by atoms with van der Waals surface area (Å²) in [4.78, 5) is 2.18. The van der Waals surface area contributed by atoms with Crippen molar-refractivity contribution < 1.29 is 14.6 Å². The highest BCUT2D eigenvalue weighted by atomic mass is 35.5. The van der Waals surface area contributed by atoms with Gasteiger partial charge in [-0.1, -0.05) is 0 Å².